The van der Waals surface area contributed by atoms with Crippen LogP contribution in [-0.2, 0) is 12.4 Å². The van der Waals surface area contributed by atoms with Gasteiger partial charge in [0.2, 0.25) is 0 Å². The Hall–Kier alpha value is -1.68. The summed E-state index contributed by atoms with van der Waals surface area (Å²) in [5.74, 6) is 0.752. The van der Waals surface area contributed by atoms with Gasteiger partial charge >= 0.3 is 0 Å². The monoisotopic (exact) mass is 423 g/mol. The molecule has 0 unspecified atom stereocenters. The van der Waals surface area contributed by atoms with Crippen molar-refractivity contribution < 1.29 is 4.74 Å². The Bertz CT molecular complexity index is 1000. The number of pyridine rings is 1. The molecule has 0 radical (unpaired) electrons. The van der Waals surface area contributed by atoms with Crippen molar-refractivity contribution in [2.45, 2.75) is 32.2 Å². The summed E-state index contributed by atoms with van der Waals surface area (Å²) < 4.78 is 7.73. The maximum atomic E-state index is 13.2. The molecule has 0 N–H and O–H groups in total. The van der Waals surface area contributed by atoms with Gasteiger partial charge < -0.3 is 9.30 Å². The zero-order valence-corrected chi connectivity index (χ0v) is 17.2. The molecular weight excluding hydrogens is 405 g/mol. The maximum Gasteiger partial charge on any atom is 0.259 e. The fourth-order valence-electron chi connectivity index (χ4n) is 3.00. The highest BCUT2D eigenvalue weighted by Gasteiger charge is 2.19. The molecule has 0 fully saturated rings. The molecule has 3 nitrogen and oxygen atoms in total. The average Bonchev–Trinajstić information content (AvgIpc) is 2.68. The molecule has 0 amide bonds. The standard InChI is InChI=1S/C21H20Cl3NO2/c1-2-3-9-27-20-15-10-17(23)18(24)11-16(15)21(26)25(19(20)12-22)13-14-7-5-4-6-8-14/h4-8,10-11H,2-3,9,12-13H2,1H3. The maximum absolute atomic E-state index is 13.2. The second-order valence-electron chi connectivity index (χ2n) is 6.30. The zero-order valence-electron chi connectivity index (χ0n) is 15.0. The molecule has 3 aromatic rings. The van der Waals surface area contributed by atoms with Gasteiger partial charge in [-0.05, 0) is 24.1 Å². The summed E-state index contributed by atoms with van der Waals surface area (Å²) in [5.41, 5.74) is 1.49. The van der Waals surface area contributed by atoms with Crippen LogP contribution in [0.15, 0.2) is 47.3 Å². The van der Waals surface area contributed by atoms with Gasteiger partial charge in [-0.2, -0.15) is 0 Å². The molecule has 0 spiro atoms. The molecule has 0 atom stereocenters. The summed E-state index contributed by atoms with van der Waals surface area (Å²) in [6.07, 6.45) is 1.91. The fourth-order valence-corrected chi connectivity index (χ4v) is 3.60. The van der Waals surface area contributed by atoms with Crippen LogP contribution in [0.3, 0.4) is 0 Å². The summed E-state index contributed by atoms with van der Waals surface area (Å²) in [6.45, 7) is 3.04. The summed E-state index contributed by atoms with van der Waals surface area (Å²) in [7, 11) is 0. The van der Waals surface area contributed by atoms with Crippen LogP contribution in [0.5, 0.6) is 5.75 Å². The minimum atomic E-state index is -0.161. The summed E-state index contributed by atoms with van der Waals surface area (Å²) in [6, 6.07) is 13.1. The first kappa shape index (κ1) is 20.1. The van der Waals surface area contributed by atoms with Crippen LogP contribution in [0, 0.1) is 0 Å². The van der Waals surface area contributed by atoms with Crippen molar-refractivity contribution in [3.8, 4) is 5.75 Å². The number of ether oxygens (including phenoxy) is 1. The summed E-state index contributed by atoms with van der Waals surface area (Å²) in [4.78, 5) is 13.2. The Morgan fingerprint density at radius 1 is 1.04 bits per heavy atom. The van der Waals surface area contributed by atoms with E-state index in [0.717, 1.165) is 18.4 Å². The second kappa shape index (κ2) is 9.01. The quantitative estimate of drug-likeness (QED) is 0.330. The molecule has 0 aliphatic heterocycles. The molecule has 0 aliphatic carbocycles. The summed E-state index contributed by atoms with van der Waals surface area (Å²) >= 11 is 18.6. The van der Waals surface area contributed by atoms with Crippen molar-refractivity contribution in [1.29, 1.82) is 0 Å². The number of nitrogens with zero attached hydrogens (tertiary/aromatic N) is 1. The van der Waals surface area contributed by atoms with Crippen LogP contribution < -0.4 is 10.3 Å². The van der Waals surface area contributed by atoms with E-state index in [9.17, 15) is 4.79 Å². The van der Waals surface area contributed by atoms with Gasteiger partial charge in [0.1, 0.15) is 5.75 Å². The van der Waals surface area contributed by atoms with Crippen LogP contribution in [0.25, 0.3) is 10.8 Å². The third-order valence-electron chi connectivity index (χ3n) is 4.42. The largest absolute Gasteiger partial charge is 0.491 e. The van der Waals surface area contributed by atoms with Crippen LogP contribution in [0.4, 0.5) is 0 Å². The predicted octanol–water partition coefficient (Wildman–Crippen LogP) is 6.27. The van der Waals surface area contributed by atoms with Crippen LogP contribution in [0.2, 0.25) is 10.0 Å². The Morgan fingerprint density at radius 2 is 1.70 bits per heavy atom. The molecule has 3 rings (SSSR count). The van der Waals surface area contributed by atoms with Crippen LogP contribution >= 0.6 is 34.8 Å². The molecule has 142 valence electrons. The molecule has 27 heavy (non-hydrogen) atoms. The molecule has 0 saturated carbocycles. The van der Waals surface area contributed by atoms with Gasteiger partial charge in [-0.25, -0.2) is 0 Å². The third-order valence-corrected chi connectivity index (χ3v) is 5.40. The van der Waals surface area contributed by atoms with E-state index in [4.69, 9.17) is 39.5 Å². The zero-order chi connectivity index (χ0) is 19.4. The summed E-state index contributed by atoms with van der Waals surface area (Å²) in [5, 5.41) is 1.84. The highest BCUT2D eigenvalue weighted by molar-refractivity contribution is 6.42. The minimum Gasteiger partial charge on any atom is -0.491 e. The van der Waals surface area contributed by atoms with Crippen molar-refractivity contribution >= 4 is 45.6 Å². The topological polar surface area (TPSA) is 31.2 Å². The van der Waals surface area contributed by atoms with E-state index in [0.29, 0.717) is 45.4 Å². The van der Waals surface area contributed by atoms with Gasteiger partial charge in [0.25, 0.3) is 5.56 Å². The molecule has 0 aliphatic rings. The fraction of sp³-hybridized carbons (Fsp3) is 0.286. The molecule has 1 heterocycles. The number of rotatable bonds is 7. The Morgan fingerprint density at radius 3 is 2.33 bits per heavy atom. The highest BCUT2D eigenvalue weighted by Crippen LogP contribution is 2.35. The normalized spacial score (nSPS) is 11.1. The average molecular weight is 425 g/mol. The van der Waals surface area contributed by atoms with Gasteiger partial charge in [-0.1, -0.05) is 66.9 Å². The van der Waals surface area contributed by atoms with Crippen molar-refractivity contribution in [1.82, 2.24) is 4.57 Å². The van der Waals surface area contributed by atoms with E-state index in [1.807, 2.05) is 30.3 Å². The first-order valence-electron chi connectivity index (χ1n) is 8.84. The van der Waals surface area contributed by atoms with Crippen LogP contribution in [-0.4, -0.2) is 11.2 Å². The second-order valence-corrected chi connectivity index (χ2v) is 7.38. The van der Waals surface area contributed by atoms with Gasteiger partial charge in [0.05, 0.1) is 40.2 Å². The number of alkyl halides is 1. The molecule has 6 heteroatoms. The van der Waals surface area contributed by atoms with E-state index in [1.165, 1.54) is 0 Å². The molecule has 0 saturated heterocycles. The lowest BCUT2D eigenvalue weighted by molar-refractivity contribution is 0.307. The highest BCUT2D eigenvalue weighted by atomic mass is 35.5. The number of aromatic nitrogens is 1. The van der Waals surface area contributed by atoms with Gasteiger partial charge in [-0.15, -0.1) is 11.6 Å². The smallest absolute Gasteiger partial charge is 0.259 e. The van der Waals surface area contributed by atoms with E-state index < -0.39 is 0 Å². The molecule has 2 aromatic carbocycles. The number of halogens is 3. The molecular formula is C21H20Cl3NO2. The lowest BCUT2D eigenvalue weighted by Crippen LogP contribution is -2.25. The van der Waals surface area contributed by atoms with Gasteiger partial charge in [0.15, 0.2) is 0 Å². The number of unbranched alkanes of at least 4 members (excludes halogenated alkanes) is 1. The Kier molecular flexibility index (Phi) is 6.69. The molecule has 0 bridgehead atoms. The van der Waals surface area contributed by atoms with Gasteiger partial charge in [-0.3, -0.25) is 4.79 Å². The minimum absolute atomic E-state index is 0.152. The number of hydrogen-bond donors (Lipinski definition) is 0. The predicted molar refractivity (Wildman–Crippen MR) is 114 cm³/mol. The SMILES string of the molecule is CCCCOc1c(CCl)n(Cc2ccccc2)c(=O)c2cc(Cl)c(Cl)cc12. The van der Waals surface area contributed by atoms with E-state index in [-0.39, 0.29) is 11.4 Å². The first-order chi connectivity index (χ1) is 13.1. The Balaban J connectivity index is 2.25. The lowest BCUT2D eigenvalue weighted by atomic mass is 10.1. The molecule has 1 aromatic heterocycles. The van der Waals surface area contributed by atoms with E-state index in [1.54, 1.807) is 16.7 Å². The van der Waals surface area contributed by atoms with E-state index >= 15 is 0 Å². The van der Waals surface area contributed by atoms with Crippen molar-refractivity contribution in [2.75, 3.05) is 6.61 Å². The van der Waals surface area contributed by atoms with E-state index in [2.05, 4.69) is 6.92 Å². The number of hydrogen-bond acceptors (Lipinski definition) is 2. The Labute approximate surface area is 173 Å². The van der Waals surface area contributed by atoms with Gasteiger partial charge in [0, 0.05) is 5.39 Å². The number of benzene rings is 2. The van der Waals surface area contributed by atoms with Crippen molar-refractivity contribution in [2.24, 2.45) is 0 Å². The lowest BCUT2D eigenvalue weighted by Gasteiger charge is -2.19. The third kappa shape index (κ3) is 4.26. The van der Waals surface area contributed by atoms with Crippen molar-refractivity contribution in [3.63, 3.8) is 0 Å². The number of fused-ring (bicyclic) bond motifs is 1. The first-order valence-corrected chi connectivity index (χ1v) is 10.1. The van der Waals surface area contributed by atoms with Crippen molar-refractivity contribution in [3.05, 3.63) is 74.1 Å². The van der Waals surface area contributed by atoms with Crippen LogP contribution in [0.1, 0.15) is 31.0 Å².